The van der Waals surface area contributed by atoms with Crippen LogP contribution >= 0.6 is 0 Å². The Balaban J connectivity index is 2.12. The fourth-order valence-electron chi connectivity index (χ4n) is 2.97. The Morgan fingerprint density at radius 1 is 0.968 bits per heavy atom. The molecule has 0 bridgehead atoms. The van der Waals surface area contributed by atoms with Crippen LogP contribution in [0.5, 0.6) is 0 Å². The highest BCUT2D eigenvalue weighted by molar-refractivity contribution is 7.90. The molecule has 0 saturated carbocycles. The lowest BCUT2D eigenvalue weighted by Crippen LogP contribution is -2.20. The molecule has 3 rings (SSSR count). The minimum absolute atomic E-state index is 0.0834. The minimum atomic E-state index is -3.39. The molecule has 0 aliphatic heterocycles. The first kappa shape index (κ1) is 22.6. The molecule has 0 amide bonds. The monoisotopic (exact) mass is 443 g/mol. The van der Waals surface area contributed by atoms with Crippen molar-refractivity contribution in [1.82, 2.24) is 15.0 Å². The highest BCUT2D eigenvalue weighted by atomic mass is 32.2. The molecule has 0 aliphatic carbocycles. The molecule has 0 saturated heterocycles. The van der Waals surface area contributed by atoms with E-state index < -0.39 is 15.9 Å². The minimum Gasteiger partial charge on any atom is -0.347 e. The zero-order valence-corrected chi connectivity index (χ0v) is 19.0. The Morgan fingerprint density at radius 3 is 2.23 bits per heavy atom. The normalized spacial score (nSPS) is 12.6. The van der Waals surface area contributed by atoms with E-state index >= 15 is 0 Å². The number of sulfone groups is 1. The lowest BCUT2D eigenvalue weighted by molar-refractivity contribution is 0.601. The van der Waals surface area contributed by atoms with Gasteiger partial charge in [0.1, 0.15) is 11.6 Å². The second-order valence-corrected chi connectivity index (χ2v) is 9.86. The van der Waals surface area contributed by atoms with Crippen molar-refractivity contribution in [2.45, 2.75) is 30.7 Å². The Hall–Kier alpha value is -3.07. The summed E-state index contributed by atoms with van der Waals surface area (Å²) in [5.74, 6) is 1.21. The van der Waals surface area contributed by atoms with Crippen LogP contribution in [-0.4, -0.2) is 43.7 Å². The van der Waals surface area contributed by atoms with Crippen LogP contribution in [0.4, 0.5) is 16.3 Å². The van der Waals surface area contributed by atoms with Crippen LogP contribution in [0.1, 0.15) is 42.8 Å². The number of aromatic nitrogens is 3. The number of hydrogen-bond donors (Lipinski definition) is 1. The van der Waals surface area contributed by atoms with Gasteiger partial charge in [-0.15, -0.1) is 0 Å². The van der Waals surface area contributed by atoms with Crippen LogP contribution in [0.3, 0.4) is 0 Å². The van der Waals surface area contributed by atoms with E-state index in [0.29, 0.717) is 23.3 Å². The molecule has 0 aliphatic rings. The van der Waals surface area contributed by atoms with Crippen molar-refractivity contribution >= 4 is 21.7 Å². The molecule has 1 aromatic heterocycles. The van der Waals surface area contributed by atoms with E-state index in [-0.39, 0.29) is 16.6 Å². The standard InChI is InChI=1S/C22H26FN5O2S/c1-14(2)20-25-21(27-22(26-20)28(3)4)24-19(15-9-11-17(23)12-10-15)16-7-6-8-18(13-16)31(5,29)30/h6-14,19H,1-5H3,(H,24,25,26,27). The maximum atomic E-state index is 13.5. The topological polar surface area (TPSA) is 88.1 Å². The third-order valence-corrected chi connectivity index (χ3v) is 5.76. The van der Waals surface area contributed by atoms with Gasteiger partial charge >= 0.3 is 0 Å². The summed E-state index contributed by atoms with van der Waals surface area (Å²) >= 11 is 0. The Labute approximate surface area is 182 Å². The fourth-order valence-corrected chi connectivity index (χ4v) is 3.65. The number of nitrogens with zero attached hydrogens (tertiary/aromatic N) is 4. The largest absolute Gasteiger partial charge is 0.347 e. The number of halogens is 1. The van der Waals surface area contributed by atoms with E-state index in [1.54, 1.807) is 35.2 Å². The van der Waals surface area contributed by atoms with Crippen molar-refractivity contribution in [3.8, 4) is 0 Å². The summed E-state index contributed by atoms with van der Waals surface area (Å²) in [4.78, 5) is 15.5. The van der Waals surface area contributed by atoms with Crippen molar-refractivity contribution in [2.75, 3.05) is 30.6 Å². The van der Waals surface area contributed by atoms with Gasteiger partial charge in [0.25, 0.3) is 0 Å². The lowest BCUT2D eigenvalue weighted by Gasteiger charge is -2.22. The van der Waals surface area contributed by atoms with Gasteiger partial charge in [-0.1, -0.05) is 38.1 Å². The van der Waals surface area contributed by atoms with Crippen LogP contribution in [0, 0.1) is 5.82 Å². The van der Waals surface area contributed by atoms with Crippen molar-refractivity contribution in [2.24, 2.45) is 0 Å². The van der Waals surface area contributed by atoms with Gasteiger partial charge in [-0.2, -0.15) is 15.0 Å². The van der Waals surface area contributed by atoms with Crippen LogP contribution < -0.4 is 10.2 Å². The van der Waals surface area contributed by atoms with Gasteiger partial charge in [0.05, 0.1) is 10.9 Å². The van der Waals surface area contributed by atoms with Crippen LogP contribution in [0.15, 0.2) is 53.4 Å². The fraction of sp³-hybridized carbons (Fsp3) is 0.318. The summed E-state index contributed by atoms with van der Waals surface area (Å²) < 4.78 is 37.7. The maximum absolute atomic E-state index is 13.5. The molecule has 2 aromatic carbocycles. The Bertz CT molecular complexity index is 1140. The molecule has 0 radical (unpaired) electrons. The molecule has 164 valence electrons. The van der Waals surface area contributed by atoms with Gasteiger partial charge in [0.15, 0.2) is 9.84 Å². The summed E-state index contributed by atoms with van der Waals surface area (Å²) in [6.07, 6.45) is 1.16. The zero-order valence-electron chi connectivity index (χ0n) is 18.2. The third kappa shape index (κ3) is 5.55. The van der Waals surface area contributed by atoms with Crippen molar-refractivity contribution in [3.05, 3.63) is 71.3 Å². The summed E-state index contributed by atoms with van der Waals surface area (Å²) in [5.41, 5.74) is 1.43. The molecule has 7 nitrogen and oxygen atoms in total. The summed E-state index contributed by atoms with van der Waals surface area (Å²) in [6.45, 7) is 3.98. The Kier molecular flexibility index (Phi) is 6.54. The summed E-state index contributed by atoms with van der Waals surface area (Å²) in [6, 6.07) is 12.2. The van der Waals surface area contributed by atoms with E-state index in [4.69, 9.17) is 0 Å². The van der Waals surface area contributed by atoms with Crippen LogP contribution in [0.2, 0.25) is 0 Å². The molecule has 1 N–H and O–H groups in total. The van der Waals surface area contributed by atoms with E-state index in [2.05, 4.69) is 20.3 Å². The van der Waals surface area contributed by atoms with Crippen molar-refractivity contribution < 1.29 is 12.8 Å². The first-order chi connectivity index (χ1) is 14.5. The highest BCUT2D eigenvalue weighted by Gasteiger charge is 2.20. The van der Waals surface area contributed by atoms with Crippen molar-refractivity contribution in [3.63, 3.8) is 0 Å². The van der Waals surface area contributed by atoms with Gasteiger partial charge in [0, 0.05) is 26.3 Å². The second-order valence-electron chi connectivity index (χ2n) is 7.84. The zero-order chi connectivity index (χ0) is 22.8. The van der Waals surface area contributed by atoms with Gasteiger partial charge < -0.3 is 10.2 Å². The highest BCUT2D eigenvalue weighted by Crippen LogP contribution is 2.28. The molecule has 1 unspecified atom stereocenters. The Morgan fingerprint density at radius 2 is 1.65 bits per heavy atom. The SMILES string of the molecule is CC(C)c1nc(NC(c2ccc(F)cc2)c2cccc(S(C)(=O)=O)c2)nc(N(C)C)n1. The summed E-state index contributed by atoms with van der Waals surface area (Å²) in [5, 5.41) is 3.29. The molecule has 1 atom stereocenters. The molecular weight excluding hydrogens is 417 g/mol. The smallest absolute Gasteiger partial charge is 0.229 e. The van der Waals surface area contributed by atoms with Crippen LogP contribution in [-0.2, 0) is 9.84 Å². The molecule has 31 heavy (non-hydrogen) atoms. The predicted octanol–water partition coefficient (Wildman–Crippen LogP) is 3.81. The molecule has 0 spiro atoms. The van der Waals surface area contributed by atoms with Crippen LogP contribution in [0.25, 0.3) is 0 Å². The van der Waals surface area contributed by atoms with Gasteiger partial charge in [-0.3, -0.25) is 0 Å². The van der Waals surface area contributed by atoms with E-state index in [0.717, 1.165) is 11.8 Å². The third-order valence-electron chi connectivity index (χ3n) is 4.65. The molecule has 3 aromatic rings. The number of rotatable bonds is 7. The van der Waals surface area contributed by atoms with Crippen molar-refractivity contribution in [1.29, 1.82) is 0 Å². The molecule has 1 heterocycles. The average molecular weight is 444 g/mol. The molecule has 9 heteroatoms. The first-order valence-corrected chi connectivity index (χ1v) is 11.7. The van der Waals surface area contributed by atoms with E-state index in [1.807, 2.05) is 34.0 Å². The number of anilines is 2. The lowest BCUT2D eigenvalue weighted by atomic mass is 9.99. The first-order valence-electron chi connectivity index (χ1n) is 9.80. The number of benzene rings is 2. The molecule has 0 fully saturated rings. The summed E-state index contributed by atoms with van der Waals surface area (Å²) in [7, 11) is 0.295. The van der Waals surface area contributed by atoms with Gasteiger partial charge in [0.2, 0.25) is 11.9 Å². The van der Waals surface area contributed by atoms with E-state index in [1.165, 1.54) is 12.1 Å². The maximum Gasteiger partial charge on any atom is 0.229 e. The quantitative estimate of drug-likeness (QED) is 0.594. The average Bonchev–Trinajstić information content (AvgIpc) is 2.72. The predicted molar refractivity (Wildman–Crippen MR) is 120 cm³/mol. The number of hydrogen-bond acceptors (Lipinski definition) is 7. The number of nitrogens with one attached hydrogen (secondary N) is 1. The van der Waals surface area contributed by atoms with E-state index in [9.17, 15) is 12.8 Å². The second kappa shape index (κ2) is 8.97. The van der Waals surface area contributed by atoms with Gasteiger partial charge in [-0.25, -0.2) is 12.8 Å². The van der Waals surface area contributed by atoms with Gasteiger partial charge in [-0.05, 0) is 35.4 Å². The molecular formula is C22H26FN5O2S.